The molecule has 0 atom stereocenters. The third-order valence-corrected chi connectivity index (χ3v) is 4.31. The predicted molar refractivity (Wildman–Crippen MR) is 81.9 cm³/mol. The fourth-order valence-corrected chi connectivity index (χ4v) is 2.39. The van der Waals surface area contributed by atoms with Gasteiger partial charge in [-0.3, -0.25) is 4.79 Å². The summed E-state index contributed by atoms with van der Waals surface area (Å²) in [7, 11) is 0. The number of hydrogen-bond acceptors (Lipinski definition) is 3. The van der Waals surface area contributed by atoms with E-state index in [4.69, 9.17) is 16.7 Å². The van der Waals surface area contributed by atoms with Crippen LogP contribution in [0.3, 0.4) is 0 Å². The minimum atomic E-state index is -1.06. The molecule has 0 unspecified atom stereocenters. The lowest BCUT2D eigenvalue weighted by Gasteiger charge is -2.13. The van der Waals surface area contributed by atoms with Gasteiger partial charge >= 0.3 is 5.97 Å². The molecule has 5 nitrogen and oxygen atoms in total. The summed E-state index contributed by atoms with van der Waals surface area (Å²) in [5.41, 5.74) is 0.784. The quantitative estimate of drug-likeness (QED) is 0.723. The molecule has 1 aliphatic carbocycles. The van der Waals surface area contributed by atoms with E-state index >= 15 is 0 Å². The first-order valence-corrected chi connectivity index (χ1v) is 7.37. The molecule has 6 heteroatoms. The Labute approximate surface area is 128 Å². The molecule has 3 N–H and O–H groups in total. The molecule has 0 radical (unpaired) electrons. The lowest BCUT2D eigenvalue weighted by atomic mass is 10.0. The molecular formula is C15H19ClN2O3. The number of hydrogen-bond donors (Lipinski definition) is 3. The van der Waals surface area contributed by atoms with Crippen LogP contribution in [0.25, 0.3) is 0 Å². The first kappa shape index (κ1) is 15.8. The number of anilines is 1. The molecule has 0 spiro atoms. The number of carboxylic acid groups (broad SMARTS) is 1. The van der Waals surface area contributed by atoms with Crippen LogP contribution >= 0.6 is 11.6 Å². The van der Waals surface area contributed by atoms with E-state index in [1.165, 1.54) is 31.0 Å². The SMILES string of the molecule is CCC1(CNCC(=O)Nc2cc(C(=O)O)ccc2Cl)CC1. The first-order valence-electron chi connectivity index (χ1n) is 6.99. The number of rotatable bonds is 7. The number of carbonyl (C=O) groups excluding carboxylic acids is 1. The maximum Gasteiger partial charge on any atom is 0.335 e. The summed E-state index contributed by atoms with van der Waals surface area (Å²) < 4.78 is 0. The molecule has 1 saturated carbocycles. The van der Waals surface area contributed by atoms with Crippen molar-refractivity contribution < 1.29 is 14.7 Å². The summed E-state index contributed by atoms with van der Waals surface area (Å²) in [6, 6.07) is 4.22. The maximum atomic E-state index is 11.9. The summed E-state index contributed by atoms with van der Waals surface area (Å²) in [4.78, 5) is 22.8. The van der Waals surface area contributed by atoms with Crippen LogP contribution in [0.4, 0.5) is 5.69 Å². The van der Waals surface area contributed by atoms with Crippen LogP contribution in [0, 0.1) is 5.41 Å². The zero-order chi connectivity index (χ0) is 15.5. The van der Waals surface area contributed by atoms with Gasteiger partial charge < -0.3 is 15.7 Å². The van der Waals surface area contributed by atoms with Gasteiger partial charge in [-0.1, -0.05) is 18.5 Å². The van der Waals surface area contributed by atoms with Crippen molar-refractivity contribution in [2.45, 2.75) is 26.2 Å². The van der Waals surface area contributed by atoms with Crippen molar-refractivity contribution in [2.24, 2.45) is 5.41 Å². The van der Waals surface area contributed by atoms with Crippen LogP contribution in [0.2, 0.25) is 5.02 Å². The Hall–Kier alpha value is -1.59. The Morgan fingerprint density at radius 3 is 2.67 bits per heavy atom. The van der Waals surface area contributed by atoms with Crippen LogP contribution in [0.5, 0.6) is 0 Å². The highest BCUT2D eigenvalue weighted by atomic mass is 35.5. The van der Waals surface area contributed by atoms with Gasteiger partial charge in [-0.2, -0.15) is 0 Å². The van der Waals surface area contributed by atoms with Gasteiger partial charge in [0.1, 0.15) is 0 Å². The highest BCUT2D eigenvalue weighted by molar-refractivity contribution is 6.33. The van der Waals surface area contributed by atoms with E-state index in [9.17, 15) is 9.59 Å². The van der Waals surface area contributed by atoms with Gasteiger partial charge in [-0.05, 0) is 42.9 Å². The fraction of sp³-hybridized carbons (Fsp3) is 0.467. The van der Waals surface area contributed by atoms with Crippen LogP contribution in [-0.4, -0.2) is 30.1 Å². The van der Waals surface area contributed by atoms with Gasteiger partial charge in [0.05, 0.1) is 22.8 Å². The molecule has 21 heavy (non-hydrogen) atoms. The van der Waals surface area contributed by atoms with Crippen molar-refractivity contribution in [3.8, 4) is 0 Å². The molecule has 1 aliphatic rings. The lowest BCUT2D eigenvalue weighted by Crippen LogP contribution is -2.32. The Balaban J connectivity index is 1.87. The smallest absolute Gasteiger partial charge is 0.335 e. The third kappa shape index (κ3) is 4.19. The summed E-state index contributed by atoms with van der Waals surface area (Å²) in [6.45, 7) is 3.18. The van der Waals surface area contributed by atoms with Gasteiger partial charge in [-0.25, -0.2) is 4.79 Å². The minimum absolute atomic E-state index is 0.0885. The molecule has 1 aromatic carbocycles. The van der Waals surface area contributed by atoms with Crippen LogP contribution in [0.15, 0.2) is 18.2 Å². The molecule has 114 valence electrons. The van der Waals surface area contributed by atoms with Crippen LogP contribution < -0.4 is 10.6 Å². The van der Waals surface area contributed by atoms with E-state index in [0.717, 1.165) is 13.0 Å². The molecule has 2 rings (SSSR count). The number of amides is 1. The number of aromatic carboxylic acids is 1. The number of benzene rings is 1. The van der Waals surface area contributed by atoms with Gasteiger partial charge in [0.2, 0.25) is 5.91 Å². The van der Waals surface area contributed by atoms with E-state index in [-0.39, 0.29) is 18.0 Å². The van der Waals surface area contributed by atoms with E-state index in [2.05, 4.69) is 17.6 Å². The van der Waals surface area contributed by atoms with Gasteiger partial charge in [0.15, 0.2) is 0 Å². The lowest BCUT2D eigenvalue weighted by molar-refractivity contribution is -0.115. The maximum absolute atomic E-state index is 11.9. The zero-order valence-electron chi connectivity index (χ0n) is 11.9. The molecule has 1 fully saturated rings. The summed E-state index contributed by atoms with van der Waals surface area (Å²) >= 11 is 5.96. The molecule has 1 aromatic rings. The number of halogens is 1. The molecule has 0 bridgehead atoms. The number of nitrogens with one attached hydrogen (secondary N) is 2. The van der Waals surface area contributed by atoms with Crippen molar-refractivity contribution >= 4 is 29.2 Å². The molecule has 0 heterocycles. The predicted octanol–water partition coefficient (Wildman–Crippen LogP) is 2.76. The van der Waals surface area contributed by atoms with E-state index in [1.807, 2.05) is 0 Å². The summed E-state index contributed by atoms with van der Waals surface area (Å²) in [5, 5.41) is 15.0. The van der Waals surface area contributed by atoms with E-state index < -0.39 is 5.97 Å². The molecule has 0 saturated heterocycles. The summed E-state index contributed by atoms with van der Waals surface area (Å²) in [5.74, 6) is -1.29. The largest absolute Gasteiger partial charge is 0.478 e. The van der Waals surface area contributed by atoms with Crippen LogP contribution in [0.1, 0.15) is 36.5 Å². The van der Waals surface area contributed by atoms with Crippen molar-refractivity contribution in [2.75, 3.05) is 18.4 Å². The first-order chi connectivity index (χ1) is 9.96. The topological polar surface area (TPSA) is 78.4 Å². The van der Waals surface area contributed by atoms with Crippen molar-refractivity contribution in [1.29, 1.82) is 0 Å². The van der Waals surface area contributed by atoms with Gasteiger partial charge in [0, 0.05) is 6.54 Å². The number of carbonyl (C=O) groups is 2. The Bertz CT molecular complexity index is 556. The zero-order valence-corrected chi connectivity index (χ0v) is 12.7. The van der Waals surface area contributed by atoms with E-state index in [0.29, 0.717) is 16.1 Å². The normalized spacial score (nSPS) is 15.5. The average molecular weight is 311 g/mol. The molecule has 0 aromatic heterocycles. The minimum Gasteiger partial charge on any atom is -0.478 e. The van der Waals surface area contributed by atoms with Crippen molar-refractivity contribution in [3.05, 3.63) is 28.8 Å². The van der Waals surface area contributed by atoms with Crippen molar-refractivity contribution in [3.63, 3.8) is 0 Å². The van der Waals surface area contributed by atoms with E-state index in [1.54, 1.807) is 0 Å². The average Bonchev–Trinajstić information content (AvgIpc) is 3.21. The number of carboxylic acids is 1. The Kier molecular flexibility index (Phi) is 4.85. The monoisotopic (exact) mass is 310 g/mol. The van der Waals surface area contributed by atoms with Gasteiger partial charge in [0.25, 0.3) is 0 Å². The Morgan fingerprint density at radius 1 is 1.38 bits per heavy atom. The highest BCUT2D eigenvalue weighted by Crippen LogP contribution is 2.47. The third-order valence-electron chi connectivity index (χ3n) is 3.98. The molecule has 1 amide bonds. The second-order valence-electron chi connectivity index (χ2n) is 5.51. The van der Waals surface area contributed by atoms with Crippen molar-refractivity contribution in [1.82, 2.24) is 5.32 Å². The second-order valence-corrected chi connectivity index (χ2v) is 5.91. The van der Waals surface area contributed by atoms with Crippen LogP contribution in [-0.2, 0) is 4.79 Å². The second kappa shape index (κ2) is 6.45. The molecular weight excluding hydrogens is 292 g/mol. The fourth-order valence-electron chi connectivity index (χ4n) is 2.22. The molecule has 0 aliphatic heterocycles. The van der Waals surface area contributed by atoms with Gasteiger partial charge in [-0.15, -0.1) is 0 Å². The standard InChI is InChI=1S/C15H19ClN2O3/c1-2-15(5-6-15)9-17-8-13(19)18-12-7-10(14(20)21)3-4-11(12)16/h3-4,7,17H,2,5-6,8-9H2,1H3,(H,18,19)(H,20,21). The Morgan fingerprint density at radius 2 is 2.10 bits per heavy atom. The summed E-state index contributed by atoms with van der Waals surface area (Å²) in [6.07, 6.45) is 3.54. The highest BCUT2D eigenvalue weighted by Gasteiger charge is 2.39.